The number of rotatable bonds is 5. The molecule has 2 rings (SSSR count). The van der Waals surface area contributed by atoms with Gasteiger partial charge in [-0.05, 0) is 30.4 Å². The maximum absolute atomic E-state index is 4.38. The highest BCUT2D eigenvalue weighted by Crippen LogP contribution is 2.25. The molecule has 0 aliphatic rings. The van der Waals surface area contributed by atoms with E-state index in [0.29, 0.717) is 4.83 Å². The Kier molecular flexibility index (Phi) is 4.18. The predicted octanol–water partition coefficient (Wildman–Crippen LogP) is 4.27. The van der Waals surface area contributed by atoms with Gasteiger partial charge in [-0.15, -0.1) is 11.3 Å². The van der Waals surface area contributed by atoms with Crippen LogP contribution in [0.3, 0.4) is 0 Å². The summed E-state index contributed by atoms with van der Waals surface area (Å²) in [5.41, 5.74) is 0. The number of anilines is 1. The van der Waals surface area contributed by atoms with Gasteiger partial charge in [0, 0.05) is 27.7 Å². The van der Waals surface area contributed by atoms with E-state index in [1.54, 1.807) is 11.3 Å². The molecule has 1 unspecified atom stereocenters. The van der Waals surface area contributed by atoms with Crippen LogP contribution in [0.5, 0.6) is 0 Å². The predicted molar refractivity (Wildman–Crippen MR) is 75.7 cm³/mol. The third-order valence-electron chi connectivity index (χ3n) is 2.57. The maximum atomic E-state index is 4.38. The number of fused-ring (bicyclic) bond motifs is 1. The van der Waals surface area contributed by atoms with Crippen LogP contribution in [0, 0.1) is 0 Å². The number of alkyl halides is 1. The van der Waals surface area contributed by atoms with Gasteiger partial charge >= 0.3 is 0 Å². The molecular weight excluding hydrogens is 284 g/mol. The second kappa shape index (κ2) is 5.64. The first kappa shape index (κ1) is 11.9. The lowest BCUT2D eigenvalue weighted by atomic mass is 10.2. The molecule has 1 atom stereocenters. The zero-order chi connectivity index (χ0) is 11.4. The molecule has 0 amide bonds. The number of halogens is 1. The van der Waals surface area contributed by atoms with Crippen molar-refractivity contribution in [2.45, 2.75) is 24.6 Å². The number of pyridine rings is 1. The number of nitrogens with one attached hydrogen (secondary N) is 1. The van der Waals surface area contributed by atoms with Gasteiger partial charge < -0.3 is 5.32 Å². The van der Waals surface area contributed by atoms with Crippen LogP contribution in [0.25, 0.3) is 10.1 Å². The molecule has 0 saturated heterocycles. The van der Waals surface area contributed by atoms with Gasteiger partial charge in [-0.3, -0.25) is 0 Å². The average Bonchev–Trinajstić information content (AvgIpc) is 2.77. The van der Waals surface area contributed by atoms with E-state index < -0.39 is 0 Å². The van der Waals surface area contributed by atoms with Crippen molar-refractivity contribution in [1.82, 2.24) is 4.98 Å². The summed E-state index contributed by atoms with van der Waals surface area (Å²) in [5, 5.41) is 6.74. The summed E-state index contributed by atoms with van der Waals surface area (Å²) >= 11 is 5.39. The van der Waals surface area contributed by atoms with E-state index >= 15 is 0 Å². The van der Waals surface area contributed by atoms with Gasteiger partial charge in [0.25, 0.3) is 0 Å². The SMILES string of the molecule is CCC(Br)CCNc1nccc2sccc12. The molecule has 0 aliphatic heterocycles. The summed E-state index contributed by atoms with van der Waals surface area (Å²) < 4.78 is 1.29. The second-order valence-electron chi connectivity index (χ2n) is 3.71. The van der Waals surface area contributed by atoms with Gasteiger partial charge in [-0.25, -0.2) is 4.98 Å². The van der Waals surface area contributed by atoms with Crippen LogP contribution >= 0.6 is 27.3 Å². The van der Waals surface area contributed by atoms with E-state index in [1.165, 1.54) is 10.1 Å². The zero-order valence-corrected chi connectivity index (χ0v) is 11.6. The van der Waals surface area contributed by atoms with Gasteiger partial charge in [0.2, 0.25) is 0 Å². The minimum absolute atomic E-state index is 0.599. The van der Waals surface area contributed by atoms with Gasteiger partial charge in [0.05, 0.1) is 0 Å². The Bertz CT molecular complexity index is 455. The monoisotopic (exact) mass is 298 g/mol. The van der Waals surface area contributed by atoms with Gasteiger partial charge in [-0.2, -0.15) is 0 Å². The fraction of sp³-hybridized carbons (Fsp3) is 0.417. The first-order valence-electron chi connectivity index (χ1n) is 5.51. The topological polar surface area (TPSA) is 24.9 Å². The average molecular weight is 299 g/mol. The highest BCUT2D eigenvalue weighted by molar-refractivity contribution is 9.09. The standard InChI is InChI=1S/C12H15BrN2S/c1-2-9(13)3-6-14-12-10-5-8-16-11(10)4-7-15-12/h4-5,7-9H,2-3,6H2,1H3,(H,14,15). The zero-order valence-electron chi connectivity index (χ0n) is 9.24. The smallest absolute Gasteiger partial charge is 0.134 e. The molecular formula is C12H15BrN2S. The molecule has 16 heavy (non-hydrogen) atoms. The van der Waals surface area contributed by atoms with Crippen molar-refractivity contribution in [2.75, 3.05) is 11.9 Å². The molecule has 2 heterocycles. The molecule has 2 nitrogen and oxygen atoms in total. The fourth-order valence-corrected chi connectivity index (χ4v) is 2.60. The number of hydrogen-bond donors (Lipinski definition) is 1. The molecule has 0 aliphatic carbocycles. The van der Waals surface area contributed by atoms with Crippen LogP contribution in [-0.2, 0) is 0 Å². The summed E-state index contributed by atoms with van der Waals surface area (Å²) in [6, 6.07) is 4.19. The fourth-order valence-electron chi connectivity index (χ4n) is 1.59. The summed E-state index contributed by atoms with van der Waals surface area (Å²) in [7, 11) is 0. The second-order valence-corrected chi connectivity index (χ2v) is 5.96. The first-order valence-corrected chi connectivity index (χ1v) is 7.31. The number of aromatic nitrogens is 1. The van der Waals surface area contributed by atoms with E-state index in [-0.39, 0.29) is 0 Å². The Morgan fingerprint density at radius 3 is 3.19 bits per heavy atom. The van der Waals surface area contributed by atoms with Crippen LogP contribution in [0.15, 0.2) is 23.7 Å². The molecule has 2 aromatic heterocycles. The molecule has 0 bridgehead atoms. The highest BCUT2D eigenvalue weighted by Gasteiger charge is 2.04. The Morgan fingerprint density at radius 2 is 2.38 bits per heavy atom. The van der Waals surface area contributed by atoms with Gasteiger partial charge in [0.15, 0.2) is 0 Å². The van der Waals surface area contributed by atoms with Crippen molar-refractivity contribution in [1.29, 1.82) is 0 Å². The van der Waals surface area contributed by atoms with Crippen molar-refractivity contribution in [3.63, 3.8) is 0 Å². The summed E-state index contributed by atoms with van der Waals surface area (Å²) in [6.07, 6.45) is 4.16. The lowest BCUT2D eigenvalue weighted by Crippen LogP contribution is -2.08. The number of thiophene rings is 1. The van der Waals surface area contributed by atoms with Crippen LogP contribution in [0.4, 0.5) is 5.82 Å². The number of nitrogens with zero attached hydrogens (tertiary/aromatic N) is 1. The summed E-state index contributed by atoms with van der Waals surface area (Å²) in [4.78, 5) is 4.98. The third-order valence-corrected chi connectivity index (χ3v) is 4.56. The third kappa shape index (κ3) is 2.74. The molecule has 0 radical (unpaired) electrons. The van der Waals surface area contributed by atoms with E-state index in [4.69, 9.17) is 0 Å². The van der Waals surface area contributed by atoms with Crippen LogP contribution in [0.1, 0.15) is 19.8 Å². The summed E-state index contributed by atoms with van der Waals surface area (Å²) in [6.45, 7) is 3.16. The van der Waals surface area contributed by atoms with E-state index in [9.17, 15) is 0 Å². The van der Waals surface area contributed by atoms with Crippen LogP contribution in [0.2, 0.25) is 0 Å². The largest absolute Gasteiger partial charge is 0.369 e. The van der Waals surface area contributed by atoms with Crippen molar-refractivity contribution in [3.05, 3.63) is 23.7 Å². The Labute approximate surface area is 108 Å². The van der Waals surface area contributed by atoms with Crippen molar-refractivity contribution < 1.29 is 0 Å². The summed E-state index contributed by atoms with van der Waals surface area (Å²) in [5.74, 6) is 1.01. The lowest BCUT2D eigenvalue weighted by molar-refractivity contribution is 0.773. The minimum atomic E-state index is 0.599. The molecule has 4 heteroatoms. The molecule has 0 fully saturated rings. The Morgan fingerprint density at radius 1 is 1.50 bits per heavy atom. The van der Waals surface area contributed by atoms with E-state index in [2.05, 4.69) is 50.7 Å². The normalized spacial score (nSPS) is 12.9. The molecule has 2 aromatic rings. The van der Waals surface area contributed by atoms with E-state index in [1.807, 2.05) is 6.20 Å². The van der Waals surface area contributed by atoms with Gasteiger partial charge in [0.1, 0.15) is 5.82 Å². The van der Waals surface area contributed by atoms with Crippen LogP contribution < -0.4 is 5.32 Å². The van der Waals surface area contributed by atoms with Gasteiger partial charge in [-0.1, -0.05) is 22.9 Å². The maximum Gasteiger partial charge on any atom is 0.134 e. The lowest BCUT2D eigenvalue weighted by Gasteiger charge is -2.09. The Balaban J connectivity index is 2.01. The number of hydrogen-bond acceptors (Lipinski definition) is 3. The molecule has 0 aromatic carbocycles. The first-order chi connectivity index (χ1) is 7.81. The molecule has 0 spiro atoms. The van der Waals surface area contributed by atoms with Crippen molar-refractivity contribution in [2.24, 2.45) is 0 Å². The highest BCUT2D eigenvalue weighted by atomic mass is 79.9. The minimum Gasteiger partial charge on any atom is -0.369 e. The molecule has 1 N–H and O–H groups in total. The van der Waals surface area contributed by atoms with Crippen molar-refractivity contribution >= 4 is 43.2 Å². The van der Waals surface area contributed by atoms with E-state index in [0.717, 1.165) is 25.2 Å². The quantitative estimate of drug-likeness (QED) is 0.834. The Hall–Kier alpha value is -0.610. The molecule has 86 valence electrons. The van der Waals surface area contributed by atoms with Crippen molar-refractivity contribution in [3.8, 4) is 0 Å². The molecule has 0 saturated carbocycles. The van der Waals surface area contributed by atoms with Crippen LogP contribution in [-0.4, -0.2) is 16.4 Å².